The molecule has 1 atom stereocenters. The highest BCUT2D eigenvalue weighted by Crippen LogP contribution is 2.22. The van der Waals surface area contributed by atoms with Gasteiger partial charge in [-0.1, -0.05) is 24.3 Å². The lowest BCUT2D eigenvalue weighted by Gasteiger charge is -2.44. The number of benzene rings is 2. The molecule has 1 saturated heterocycles. The van der Waals surface area contributed by atoms with Crippen LogP contribution >= 0.6 is 12.4 Å². The molecule has 0 saturated carbocycles. The third-order valence-electron chi connectivity index (χ3n) is 5.90. The number of quaternary nitrogens is 1. The Labute approximate surface area is 187 Å². The Hall–Kier alpha value is -1.46. The van der Waals surface area contributed by atoms with Gasteiger partial charge >= 0.3 is 0 Å². The molecule has 6 heteroatoms. The Morgan fingerprint density at radius 2 is 1.28 bits per heavy atom. The second-order valence-electron chi connectivity index (χ2n) is 8.14. The SMILES string of the molecule is Cl.NC1CCC[N+](CCCc2ccc(O)cc2)(CCCc2ccc(O)cc2)C1.[Cl-]. The summed E-state index contributed by atoms with van der Waals surface area (Å²) in [4.78, 5) is 0. The number of halogens is 2. The van der Waals surface area contributed by atoms with Crippen molar-refractivity contribution in [2.24, 2.45) is 5.73 Å². The van der Waals surface area contributed by atoms with E-state index < -0.39 is 0 Å². The van der Waals surface area contributed by atoms with Crippen LogP contribution in [0.2, 0.25) is 0 Å². The Balaban J connectivity index is 0.00000210. The van der Waals surface area contributed by atoms with Crippen LogP contribution in [0.1, 0.15) is 36.8 Å². The van der Waals surface area contributed by atoms with Gasteiger partial charge < -0.3 is 32.8 Å². The van der Waals surface area contributed by atoms with Gasteiger partial charge in [-0.3, -0.25) is 0 Å². The number of nitrogens with zero attached hydrogens (tertiary/aromatic N) is 1. The Morgan fingerprint density at radius 3 is 1.69 bits per heavy atom. The molecule has 2 aromatic carbocycles. The molecular formula is C23H34Cl2N2O2. The highest BCUT2D eigenvalue weighted by molar-refractivity contribution is 5.85. The fourth-order valence-corrected chi connectivity index (χ4v) is 4.45. The van der Waals surface area contributed by atoms with Crippen molar-refractivity contribution >= 4 is 12.4 Å². The molecule has 4 N–H and O–H groups in total. The second-order valence-corrected chi connectivity index (χ2v) is 8.14. The molecule has 0 bridgehead atoms. The lowest BCUT2D eigenvalue weighted by molar-refractivity contribution is -0.933. The van der Waals surface area contributed by atoms with Crippen molar-refractivity contribution in [2.45, 2.75) is 44.6 Å². The van der Waals surface area contributed by atoms with Gasteiger partial charge in [0.15, 0.2) is 0 Å². The number of piperidine rings is 1. The molecule has 1 heterocycles. The van der Waals surface area contributed by atoms with Crippen molar-refractivity contribution in [3.8, 4) is 11.5 Å². The van der Waals surface area contributed by atoms with E-state index in [1.165, 1.54) is 37.2 Å². The van der Waals surface area contributed by atoms with Crippen LogP contribution in [-0.4, -0.2) is 46.9 Å². The third kappa shape index (κ3) is 8.06. The summed E-state index contributed by atoms with van der Waals surface area (Å²) < 4.78 is 1.14. The van der Waals surface area contributed by atoms with E-state index in [1.54, 1.807) is 24.3 Å². The number of hydrogen-bond donors (Lipinski definition) is 3. The number of aryl methyl sites for hydroxylation is 2. The molecule has 1 aliphatic heterocycles. The maximum Gasteiger partial charge on any atom is 0.115 e. The lowest BCUT2D eigenvalue weighted by atomic mass is 10.00. The van der Waals surface area contributed by atoms with Gasteiger partial charge in [0.05, 0.1) is 32.2 Å². The van der Waals surface area contributed by atoms with E-state index in [4.69, 9.17) is 5.73 Å². The zero-order chi connectivity index (χ0) is 19.1. The minimum Gasteiger partial charge on any atom is -1.00 e. The van der Waals surface area contributed by atoms with Gasteiger partial charge in [0.1, 0.15) is 11.5 Å². The number of nitrogens with two attached hydrogens (primary N) is 1. The molecule has 1 unspecified atom stereocenters. The molecule has 0 radical (unpaired) electrons. The zero-order valence-electron chi connectivity index (χ0n) is 17.0. The average Bonchev–Trinajstić information content (AvgIpc) is 2.65. The van der Waals surface area contributed by atoms with E-state index in [9.17, 15) is 10.2 Å². The van der Waals surface area contributed by atoms with Gasteiger partial charge in [0, 0.05) is 12.8 Å². The van der Waals surface area contributed by atoms with Crippen LogP contribution in [0.4, 0.5) is 0 Å². The van der Waals surface area contributed by atoms with Crippen LogP contribution in [0.15, 0.2) is 48.5 Å². The normalized spacial score (nSPS) is 17.8. The zero-order valence-corrected chi connectivity index (χ0v) is 18.5. The maximum absolute atomic E-state index is 9.43. The number of phenolic OH excluding ortho intramolecular Hbond substituents is 2. The van der Waals surface area contributed by atoms with Crippen LogP contribution in [0.3, 0.4) is 0 Å². The van der Waals surface area contributed by atoms with Crippen molar-refractivity contribution in [3.63, 3.8) is 0 Å². The summed E-state index contributed by atoms with van der Waals surface area (Å²) in [5.74, 6) is 0.664. The quantitative estimate of drug-likeness (QED) is 0.536. The van der Waals surface area contributed by atoms with Crippen molar-refractivity contribution in [1.29, 1.82) is 0 Å². The predicted octanol–water partition coefficient (Wildman–Crippen LogP) is 1.03. The summed E-state index contributed by atoms with van der Waals surface area (Å²) in [7, 11) is 0. The first-order chi connectivity index (χ1) is 13.0. The average molecular weight is 441 g/mol. The van der Waals surface area contributed by atoms with Gasteiger partial charge in [-0.2, -0.15) is 0 Å². The van der Waals surface area contributed by atoms with Gasteiger partial charge in [-0.05, 0) is 61.1 Å². The molecule has 29 heavy (non-hydrogen) atoms. The highest BCUT2D eigenvalue weighted by Gasteiger charge is 2.32. The molecule has 0 aliphatic carbocycles. The predicted molar refractivity (Wildman–Crippen MR) is 117 cm³/mol. The van der Waals surface area contributed by atoms with Crippen molar-refractivity contribution < 1.29 is 27.1 Å². The van der Waals surface area contributed by atoms with Gasteiger partial charge in [-0.15, -0.1) is 12.4 Å². The molecule has 3 rings (SSSR count). The fraction of sp³-hybridized carbons (Fsp3) is 0.478. The minimum absolute atomic E-state index is 0. The first kappa shape index (κ1) is 25.6. The van der Waals surface area contributed by atoms with Crippen LogP contribution in [0.5, 0.6) is 11.5 Å². The minimum atomic E-state index is 0. The van der Waals surface area contributed by atoms with Crippen LogP contribution in [-0.2, 0) is 12.8 Å². The van der Waals surface area contributed by atoms with E-state index >= 15 is 0 Å². The molecule has 4 nitrogen and oxygen atoms in total. The topological polar surface area (TPSA) is 66.5 Å². The first-order valence-corrected chi connectivity index (χ1v) is 10.2. The van der Waals surface area contributed by atoms with Crippen LogP contribution in [0.25, 0.3) is 0 Å². The Morgan fingerprint density at radius 1 is 0.828 bits per heavy atom. The smallest absolute Gasteiger partial charge is 0.115 e. The summed E-state index contributed by atoms with van der Waals surface area (Å²) in [5.41, 5.74) is 8.91. The number of aromatic hydroxyl groups is 2. The Kier molecular flexibility index (Phi) is 10.8. The van der Waals surface area contributed by atoms with Crippen LogP contribution in [0, 0.1) is 0 Å². The summed E-state index contributed by atoms with van der Waals surface area (Å²) in [6.45, 7) is 4.66. The molecular weight excluding hydrogens is 407 g/mol. The summed E-state index contributed by atoms with van der Waals surface area (Å²) in [6.07, 6.45) is 6.77. The van der Waals surface area contributed by atoms with Gasteiger partial charge in [0.2, 0.25) is 0 Å². The molecule has 1 fully saturated rings. The summed E-state index contributed by atoms with van der Waals surface area (Å²) >= 11 is 0. The summed E-state index contributed by atoms with van der Waals surface area (Å²) in [5, 5.41) is 18.9. The van der Waals surface area contributed by atoms with Gasteiger partial charge in [-0.25, -0.2) is 0 Å². The second kappa shape index (κ2) is 12.3. The van der Waals surface area contributed by atoms with Crippen molar-refractivity contribution in [3.05, 3.63) is 59.7 Å². The van der Waals surface area contributed by atoms with Crippen molar-refractivity contribution in [1.82, 2.24) is 0 Å². The number of likely N-dealkylation sites (tertiary alicyclic amines) is 1. The largest absolute Gasteiger partial charge is 1.00 e. The molecule has 0 spiro atoms. The standard InChI is InChI=1S/C23H32N2O2.2ClH/c24-21-6-3-17-25(18-21,15-1-4-19-7-11-22(26)12-8-19)16-2-5-20-9-13-23(27)14-10-20;;/h7-14,21H,1-6,15-18,24H2,(H-,26,27);2*1H. The van der Waals surface area contributed by atoms with Gasteiger partial charge in [0.25, 0.3) is 0 Å². The van der Waals surface area contributed by atoms with E-state index in [0.717, 1.165) is 43.1 Å². The Bertz CT molecular complexity index is 656. The monoisotopic (exact) mass is 440 g/mol. The number of rotatable bonds is 8. The van der Waals surface area contributed by atoms with Crippen LogP contribution < -0.4 is 18.1 Å². The van der Waals surface area contributed by atoms with E-state index in [0.29, 0.717) is 17.5 Å². The lowest BCUT2D eigenvalue weighted by Crippen LogP contribution is -3.00. The van der Waals surface area contributed by atoms with E-state index in [2.05, 4.69) is 0 Å². The molecule has 162 valence electrons. The molecule has 0 aromatic heterocycles. The number of phenols is 2. The highest BCUT2D eigenvalue weighted by atomic mass is 35.5. The first-order valence-electron chi connectivity index (χ1n) is 10.2. The molecule has 1 aliphatic rings. The maximum atomic E-state index is 9.43. The van der Waals surface area contributed by atoms with E-state index in [-0.39, 0.29) is 24.8 Å². The number of hydrogen-bond acceptors (Lipinski definition) is 3. The fourth-order valence-electron chi connectivity index (χ4n) is 4.45. The van der Waals surface area contributed by atoms with E-state index in [1.807, 2.05) is 24.3 Å². The molecule has 0 amide bonds. The summed E-state index contributed by atoms with van der Waals surface area (Å²) in [6, 6.07) is 15.5. The third-order valence-corrected chi connectivity index (χ3v) is 5.90. The van der Waals surface area contributed by atoms with Crippen molar-refractivity contribution in [2.75, 3.05) is 26.2 Å². The molecule has 2 aromatic rings.